The molecule has 0 aliphatic carbocycles. The van der Waals surface area contributed by atoms with Crippen LogP contribution in [0.4, 0.5) is 0 Å². The Morgan fingerprint density at radius 1 is 1.39 bits per heavy atom. The van der Waals surface area contributed by atoms with Gasteiger partial charge in [0.15, 0.2) is 11.2 Å². The van der Waals surface area contributed by atoms with Gasteiger partial charge in [-0.15, -0.1) is 0 Å². The Kier molecular flexibility index (Phi) is 3.82. The molecule has 4 nitrogen and oxygen atoms in total. The number of carboxylic acid groups (broad SMARTS) is 1. The van der Waals surface area contributed by atoms with Crippen molar-refractivity contribution in [3.05, 3.63) is 34.3 Å². The summed E-state index contributed by atoms with van der Waals surface area (Å²) >= 11 is 3.32. The van der Waals surface area contributed by atoms with E-state index in [0.29, 0.717) is 6.61 Å². The largest absolute Gasteiger partial charge is 0.480 e. The van der Waals surface area contributed by atoms with Crippen LogP contribution in [0.1, 0.15) is 12.0 Å². The molecule has 1 heterocycles. The van der Waals surface area contributed by atoms with Crippen molar-refractivity contribution >= 4 is 27.7 Å². The van der Waals surface area contributed by atoms with Crippen LogP contribution in [-0.4, -0.2) is 30.1 Å². The Morgan fingerprint density at radius 2 is 2.06 bits per heavy atom. The van der Waals surface area contributed by atoms with Gasteiger partial charge in [0.1, 0.15) is 0 Å². The summed E-state index contributed by atoms with van der Waals surface area (Å²) in [6.45, 7) is 0.269. The SMILES string of the molecule is O=C(O)C1(Cc2ccc(Br)cc2)COCCC1=O. The number of ether oxygens (including phenoxy) is 1. The molecule has 0 bridgehead atoms. The first-order chi connectivity index (χ1) is 8.54. The van der Waals surface area contributed by atoms with Crippen LogP contribution in [0.3, 0.4) is 0 Å². The quantitative estimate of drug-likeness (QED) is 0.868. The molecule has 5 heteroatoms. The third kappa shape index (κ3) is 2.47. The second kappa shape index (κ2) is 5.20. The van der Waals surface area contributed by atoms with Gasteiger partial charge in [-0.25, -0.2) is 0 Å². The highest BCUT2D eigenvalue weighted by Crippen LogP contribution is 2.30. The fraction of sp³-hybridized carbons (Fsp3) is 0.385. The standard InChI is InChI=1S/C13H13BrO4/c14-10-3-1-9(2-4-10)7-13(12(16)17)8-18-6-5-11(13)15/h1-4H,5-8H2,(H,16,17). The Bertz CT molecular complexity index is 468. The molecule has 2 rings (SSSR count). The smallest absolute Gasteiger partial charge is 0.319 e. The number of hydrogen-bond donors (Lipinski definition) is 1. The average molecular weight is 313 g/mol. The van der Waals surface area contributed by atoms with Crippen LogP contribution in [0.2, 0.25) is 0 Å². The normalized spacial score (nSPS) is 23.9. The molecule has 96 valence electrons. The minimum Gasteiger partial charge on any atom is -0.480 e. The summed E-state index contributed by atoms with van der Waals surface area (Å²) in [5.41, 5.74) is -0.606. The molecule has 0 aromatic heterocycles. The summed E-state index contributed by atoms with van der Waals surface area (Å²) < 4.78 is 6.12. The zero-order valence-corrected chi connectivity index (χ0v) is 11.3. The Hall–Kier alpha value is -1.20. The van der Waals surface area contributed by atoms with Crippen molar-refractivity contribution < 1.29 is 19.4 Å². The summed E-state index contributed by atoms with van der Waals surface area (Å²) in [5.74, 6) is -1.35. The van der Waals surface area contributed by atoms with Crippen molar-refractivity contribution in [1.82, 2.24) is 0 Å². The molecule has 1 fully saturated rings. The minimum atomic E-state index is -1.42. The summed E-state index contributed by atoms with van der Waals surface area (Å²) in [5, 5.41) is 9.36. The number of rotatable bonds is 3. The van der Waals surface area contributed by atoms with E-state index in [4.69, 9.17) is 4.74 Å². The van der Waals surface area contributed by atoms with Crippen molar-refractivity contribution in [3.63, 3.8) is 0 Å². The molecule has 0 amide bonds. The first kappa shape index (κ1) is 13.2. The first-order valence-electron chi connectivity index (χ1n) is 5.63. The lowest BCUT2D eigenvalue weighted by molar-refractivity contribution is -0.164. The molecule has 1 unspecified atom stereocenters. The number of carbonyl (C=O) groups excluding carboxylic acids is 1. The highest BCUT2D eigenvalue weighted by atomic mass is 79.9. The van der Waals surface area contributed by atoms with Gasteiger partial charge in [0.25, 0.3) is 0 Å². The Balaban J connectivity index is 2.28. The lowest BCUT2D eigenvalue weighted by Crippen LogP contribution is -2.48. The minimum absolute atomic E-state index is 0.0444. The third-order valence-corrected chi connectivity index (χ3v) is 3.71. The van der Waals surface area contributed by atoms with Gasteiger partial charge >= 0.3 is 5.97 Å². The predicted molar refractivity (Wildman–Crippen MR) is 68.4 cm³/mol. The highest BCUT2D eigenvalue weighted by molar-refractivity contribution is 9.10. The van der Waals surface area contributed by atoms with E-state index in [2.05, 4.69) is 15.9 Å². The van der Waals surface area contributed by atoms with Crippen LogP contribution in [0.25, 0.3) is 0 Å². The zero-order valence-electron chi connectivity index (χ0n) is 9.69. The van der Waals surface area contributed by atoms with Gasteiger partial charge in [-0.1, -0.05) is 28.1 Å². The third-order valence-electron chi connectivity index (χ3n) is 3.18. The van der Waals surface area contributed by atoms with Gasteiger partial charge in [0.2, 0.25) is 0 Å². The molecule has 1 atom stereocenters. The molecule has 0 saturated carbocycles. The van der Waals surface area contributed by atoms with Gasteiger partial charge in [-0.3, -0.25) is 9.59 Å². The van der Waals surface area contributed by atoms with Crippen LogP contribution in [0.5, 0.6) is 0 Å². The van der Waals surface area contributed by atoms with Crippen molar-refractivity contribution in [3.8, 4) is 0 Å². The molecule has 1 aromatic carbocycles. The monoisotopic (exact) mass is 312 g/mol. The number of halogens is 1. The molecule has 0 spiro atoms. The Morgan fingerprint density at radius 3 is 2.61 bits per heavy atom. The average Bonchev–Trinajstić information content (AvgIpc) is 2.35. The number of Topliss-reactive ketones (excluding diaryl/α,β-unsaturated/α-hetero) is 1. The molecular weight excluding hydrogens is 300 g/mol. The van der Waals surface area contributed by atoms with Crippen LogP contribution in [0.15, 0.2) is 28.7 Å². The molecule has 1 aromatic rings. The van der Waals surface area contributed by atoms with Gasteiger partial charge in [0, 0.05) is 10.9 Å². The van der Waals surface area contributed by atoms with E-state index in [9.17, 15) is 14.7 Å². The number of carboxylic acids is 1. The molecule has 1 saturated heterocycles. The van der Waals surface area contributed by atoms with Gasteiger partial charge in [-0.2, -0.15) is 0 Å². The van der Waals surface area contributed by atoms with E-state index in [1.54, 1.807) is 0 Å². The van der Waals surface area contributed by atoms with E-state index >= 15 is 0 Å². The van der Waals surface area contributed by atoms with Crippen molar-refractivity contribution in [2.24, 2.45) is 5.41 Å². The van der Waals surface area contributed by atoms with Crippen LogP contribution >= 0.6 is 15.9 Å². The van der Waals surface area contributed by atoms with E-state index in [1.165, 1.54) is 0 Å². The number of benzene rings is 1. The van der Waals surface area contributed by atoms with Crippen molar-refractivity contribution in [1.29, 1.82) is 0 Å². The van der Waals surface area contributed by atoms with Crippen molar-refractivity contribution in [2.45, 2.75) is 12.8 Å². The van der Waals surface area contributed by atoms with E-state index in [1.807, 2.05) is 24.3 Å². The van der Waals surface area contributed by atoms with Crippen LogP contribution < -0.4 is 0 Å². The molecule has 0 radical (unpaired) electrons. The number of ketones is 1. The van der Waals surface area contributed by atoms with E-state index in [0.717, 1.165) is 10.0 Å². The fourth-order valence-corrected chi connectivity index (χ4v) is 2.35. The van der Waals surface area contributed by atoms with E-state index < -0.39 is 11.4 Å². The predicted octanol–water partition coefficient (Wildman–Crippen LogP) is 2.05. The maximum atomic E-state index is 12.0. The maximum absolute atomic E-state index is 12.0. The fourth-order valence-electron chi connectivity index (χ4n) is 2.09. The summed E-state index contributed by atoms with van der Waals surface area (Å²) in [6.07, 6.45) is 0.345. The molecule has 1 N–H and O–H groups in total. The van der Waals surface area contributed by atoms with Gasteiger partial charge < -0.3 is 9.84 Å². The van der Waals surface area contributed by atoms with Gasteiger partial charge in [-0.05, 0) is 24.1 Å². The second-order valence-electron chi connectivity index (χ2n) is 4.42. The zero-order chi connectivity index (χ0) is 13.2. The highest BCUT2D eigenvalue weighted by Gasteiger charge is 2.47. The lowest BCUT2D eigenvalue weighted by Gasteiger charge is -2.31. The molecule has 1 aliphatic rings. The van der Waals surface area contributed by atoms with Gasteiger partial charge in [0.05, 0.1) is 13.2 Å². The summed E-state index contributed by atoms with van der Waals surface area (Å²) in [6, 6.07) is 7.30. The topological polar surface area (TPSA) is 63.6 Å². The number of aliphatic carboxylic acids is 1. The molecular formula is C13H13BrO4. The van der Waals surface area contributed by atoms with E-state index in [-0.39, 0.29) is 25.2 Å². The lowest BCUT2D eigenvalue weighted by atomic mass is 9.76. The number of hydrogen-bond acceptors (Lipinski definition) is 3. The van der Waals surface area contributed by atoms with Crippen LogP contribution in [-0.2, 0) is 20.7 Å². The summed E-state index contributed by atoms with van der Waals surface area (Å²) in [4.78, 5) is 23.4. The molecule has 18 heavy (non-hydrogen) atoms. The number of carbonyl (C=O) groups is 2. The molecule has 1 aliphatic heterocycles. The second-order valence-corrected chi connectivity index (χ2v) is 5.33. The van der Waals surface area contributed by atoms with Crippen molar-refractivity contribution in [2.75, 3.05) is 13.2 Å². The Labute approximate surface area is 113 Å². The maximum Gasteiger partial charge on any atom is 0.319 e. The summed E-state index contributed by atoms with van der Waals surface area (Å²) in [7, 11) is 0. The van der Waals surface area contributed by atoms with Crippen LogP contribution in [0, 0.1) is 5.41 Å². The first-order valence-corrected chi connectivity index (χ1v) is 6.43.